The van der Waals surface area contributed by atoms with E-state index in [1.807, 2.05) is 20.2 Å². The second-order valence-electron chi connectivity index (χ2n) is 10.4. The van der Waals surface area contributed by atoms with Crippen LogP contribution in [0.4, 0.5) is 13.2 Å². The molecule has 2 aliphatic rings. The standard InChI is InChI=1S/C28H35F3N8O/c1-34-20(13-25(33)19-5-6-19)15-39-8-7-21-22(24-16-37(4)35-26(24)28(29,30)31)11-18(12-23(21)27(39)40)14-38(17-32)10-9-36(2)3/h9-13,16-17,19,32H,5-8,14-15,33H2,1-4H3/b10-9-,25-13-,32-17?,34-20?. The second kappa shape index (κ2) is 11.6. The number of nitrogens with zero attached hydrogens (tertiary/aromatic N) is 6. The highest BCUT2D eigenvalue weighted by atomic mass is 19.4. The lowest BCUT2D eigenvalue weighted by Crippen LogP contribution is -2.41. The van der Waals surface area contributed by atoms with Crippen LogP contribution in [0.1, 0.15) is 40.0 Å². The zero-order valence-electron chi connectivity index (χ0n) is 23.2. The molecule has 40 heavy (non-hydrogen) atoms. The van der Waals surface area contributed by atoms with Crippen LogP contribution in [0.2, 0.25) is 0 Å². The summed E-state index contributed by atoms with van der Waals surface area (Å²) in [5, 5.41) is 11.5. The number of aliphatic imine (C=N–C) groups is 1. The minimum absolute atomic E-state index is 0.0736. The third-order valence-electron chi connectivity index (χ3n) is 6.96. The lowest BCUT2D eigenvalue weighted by Gasteiger charge is -2.31. The van der Waals surface area contributed by atoms with Gasteiger partial charge in [0.25, 0.3) is 5.91 Å². The predicted octanol–water partition coefficient (Wildman–Crippen LogP) is 3.87. The molecule has 0 unspecified atom stereocenters. The van der Waals surface area contributed by atoms with E-state index in [1.54, 1.807) is 46.3 Å². The van der Waals surface area contributed by atoms with Gasteiger partial charge >= 0.3 is 6.18 Å². The molecule has 2 heterocycles. The van der Waals surface area contributed by atoms with Gasteiger partial charge in [-0.3, -0.25) is 19.9 Å². The van der Waals surface area contributed by atoms with Crippen LogP contribution in [-0.2, 0) is 26.2 Å². The van der Waals surface area contributed by atoms with E-state index in [0.717, 1.165) is 29.6 Å². The van der Waals surface area contributed by atoms with Crippen molar-refractivity contribution in [1.29, 1.82) is 5.41 Å². The summed E-state index contributed by atoms with van der Waals surface area (Å²) >= 11 is 0. The number of nitrogens with two attached hydrogens (primary N) is 1. The number of rotatable bonds is 10. The first kappa shape index (κ1) is 28.9. The van der Waals surface area contributed by atoms with Crippen molar-refractivity contribution in [2.75, 3.05) is 34.2 Å². The molecule has 1 aliphatic heterocycles. The maximum atomic E-state index is 14.0. The average Bonchev–Trinajstić information content (AvgIpc) is 3.67. The van der Waals surface area contributed by atoms with Crippen molar-refractivity contribution < 1.29 is 18.0 Å². The summed E-state index contributed by atoms with van der Waals surface area (Å²) in [6, 6.07) is 3.39. The zero-order valence-corrected chi connectivity index (χ0v) is 23.2. The Bertz CT molecular complexity index is 1370. The third-order valence-corrected chi connectivity index (χ3v) is 6.96. The third kappa shape index (κ3) is 6.54. The highest BCUT2D eigenvalue weighted by molar-refractivity contribution is 6.04. The molecule has 0 bridgehead atoms. The van der Waals surface area contributed by atoms with Gasteiger partial charge in [0, 0.05) is 76.7 Å². The maximum absolute atomic E-state index is 14.0. The Hall–Kier alpha value is -4.09. The summed E-state index contributed by atoms with van der Waals surface area (Å²) in [5.41, 5.74) is 8.34. The fraction of sp³-hybridized carbons (Fsp3) is 0.429. The van der Waals surface area contributed by atoms with E-state index in [4.69, 9.17) is 11.1 Å². The number of amides is 1. The topological polar surface area (TPSA) is 107 Å². The number of allylic oxidation sites excluding steroid dienone is 1. The van der Waals surface area contributed by atoms with Gasteiger partial charge in [-0.2, -0.15) is 18.3 Å². The number of alkyl halides is 3. The summed E-state index contributed by atoms with van der Waals surface area (Å²) in [4.78, 5) is 23.2. The van der Waals surface area contributed by atoms with E-state index < -0.39 is 11.9 Å². The lowest BCUT2D eigenvalue weighted by molar-refractivity contribution is -0.140. The number of hydrogen-bond acceptors (Lipinski definition) is 6. The van der Waals surface area contributed by atoms with Gasteiger partial charge in [0.05, 0.1) is 18.6 Å². The highest BCUT2D eigenvalue weighted by Gasteiger charge is 2.39. The van der Waals surface area contributed by atoms with Crippen LogP contribution in [-0.4, -0.2) is 76.7 Å². The highest BCUT2D eigenvalue weighted by Crippen LogP contribution is 2.40. The van der Waals surface area contributed by atoms with E-state index >= 15 is 0 Å². The second-order valence-corrected chi connectivity index (χ2v) is 10.4. The first-order valence-electron chi connectivity index (χ1n) is 13.0. The number of carbonyl (C=O) groups excluding carboxylic acids is 1. The van der Waals surface area contributed by atoms with Crippen LogP contribution in [0.5, 0.6) is 0 Å². The molecule has 4 rings (SSSR count). The van der Waals surface area contributed by atoms with Crippen LogP contribution >= 0.6 is 0 Å². The minimum atomic E-state index is -4.67. The summed E-state index contributed by atoms with van der Waals surface area (Å²) in [6.45, 7) is 0.764. The fourth-order valence-electron chi connectivity index (χ4n) is 4.76. The van der Waals surface area contributed by atoms with Crippen molar-refractivity contribution in [3.8, 4) is 11.1 Å². The number of aryl methyl sites for hydroxylation is 1. The molecule has 0 spiro atoms. The first-order chi connectivity index (χ1) is 18.9. The van der Waals surface area contributed by atoms with Gasteiger partial charge in [-0.15, -0.1) is 0 Å². The molecule has 1 aliphatic carbocycles. The average molecular weight is 557 g/mol. The van der Waals surface area contributed by atoms with Crippen LogP contribution < -0.4 is 5.73 Å². The molecule has 0 saturated heterocycles. The summed E-state index contributed by atoms with van der Waals surface area (Å²) < 4.78 is 43.1. The van der Waals surface area contributed by atoms with Crippen molar-refractivity contribution in [1.82, 2.24) is 24.5 Å². The largest absolute Gasteiger partial charge is 0.435 e. The predicted molar refractivity (Wildman–Crippen MR) is 149 cm³/mol. The van der Waals surface area contributed by atoms with E-state index in [9.17, 15) is 18.0 Å². The Morgan fingerprint density at radius 1 is 1.23 bits per heavy atom. The van der Waals surface area contributed by atoms with Gasteiger partial charge in [0.15, 0.2) is 5.69 Å². The lowest BCUT2D eigenvalue weighted by atomic mass is 9.88. The number of nitrogens with one attached hydrogen (secondary N) is 1. The van der Waals surface area contributed by atoms with E-state index in [1.165, 1.54) is 13.2 Å². The molecule has 1 aromatic carbocycles. The van der Waals surface area contributed by atoms with Gasteiger partial charge in [-0.05, 0) is 60.1 Å². The SMILES string of the molecule is CN=C(/C=C(\N)C1CC1)CN1CCc2c(cc(CN(C=N)/C=C\N(C)C)cc2-c2cn(C)nc2C(F)(F)F)C1=O. The number of halogens is 3. The summed E-state index contributed by atoms with van der Waals surface area (Å²) in [5.74, 6) is 0.0758. The minimum Gasteiger partial charge on any atom is -0.402 e. The normalized spacial score (nSPS) is 16.5. The van der Waals surface area contributed by atoms with E-state index in [0.29, 0.717) is 46.8 Å². The summed E-state index contributed by atoms with van der Waals surface area (Å²) in [7, 11) is 6.77. The Labute approximate surface area is 231 Å². The van der Waals surface area contributed by atoms with Crippen LogP contribution in [0.3, 0.4) is 0 Å². The Morgan fingerprint density at radius 3 is 2.52 bits per heavy atom. The monoisotopic (exact) mass is 556 g/mol. The molecule has 1 fully saturated rings. The van der Waals surface area contributed by atoms with Crippen LogP contribution in [0.15, 0.2) is 47.5 Å². The first-order valence-corrected chi connectivity index (χ1v) is 13.0. The molecule has 1 aromatic heterocycles. The molecule has 0 atom stereocenters. The van der Waals surface area contributed by atoms with Gasteiger partial charge in [0.1, 0.15) is 0 Å². The fourth-order valence-corrected chi connectivity index (χ4v) is 4.76. The van der Waals surface area contributed by atoms with Gasteiger partial charge in [0.2, 0.25) is 0 Å². The molecular weight excluding hydrogens is 521 g/mol. The van der Waals surface area contributed by atoms with Crippen LogP contribution in [0, 0.1) is 11.3 Å². The number of aromatic nitrogens is 2. The van der Waals surface area contributed by atoms with Crippen molar-refractivity contribution in [3.63, 3.8) is 0 Å². The smallest absolute Gasteiger partial charge is 0.402 e. The van der Waals surface area contributed by atoms with Crippen molar-refractivity contribution in [3.05, 3.63) is 64.9 Å². The molecule has 3 N–H and O–H groups in total. The molecule has 2 aromatic rings. The Kier molecular flexibility index (Phi) is 8.36. The molecule has 0 radical (unpaired) electrons. The zero-order chi connectivity index (χ0) is 29.2. The number of hydrogen-bond donors (Lipinski definition) is 2. The number of benzene rings is 1. The number of carbonyl (C=O) groups is 1. The van der Waals surface area contributed by atoms with Gasteiger partial charge in [-0.25, -0.2) is 0 Å². The molecule has 1 saturated carbocycles. The molecule has 1 amide bonds. The molecule has 12 heteroatoms. The maximum Gasteiger partial charge on any atom is 0.435 e. The molecule has 214 valence electrons. The Balaban J connectivity index is 1.76. The van der Waals surface area contributed by atoms with E-state index in [-0.39, 0.29) is 24.6 Å². The molecular formula is C28H35F3N8O. The van der Waals surface area contributed by atoms with Crippen molar-refractivity contribution >= 4 is 18.0 Å². The van der Waals surface area contributed by atoms with Crippen LogP contribution in [0.25, 0.3) is 11.1 Å². The quantitative estimate of drug-likeness (QED) is 0.341. The Morgan fingerprint density at radius 2 is 1.93 bits per heavy atom. The van der Waals surface area contributed by atoms with Gasteiger partial charge < -0.3 is 20.4 Å². The van der Waals surface area contributed by atoms with Crippen molar-refractivity contribution in [2.24, 2.45) is 23.7 Å². The van der Waals surface area contributed by atoms with Gasteiger partial charge in [-0.1, -0.05) is 0 Å². The number of fused-ring (bicyclic) bond motifs is 1. The molecule has 9 nitrogen and oxygen atoms in total. The summed E-state index contributed by atoms with van der Waals surface area (Å²) in [6.07, 6.45) is 5.53. The van der Waals surface area contributed by atoms with Crippen molar-refractivity contribution in [2.45, 2.75) is 32.0 Å². The van der Waals surface area contributed by atoms with E-state index in [2.05, 4.69) is 10.1 Å².